The first-order valence-corrected chi connectivity index (χ1v) is 9.62. The summed E-state index contributed by atoms with van der Waals surface area (Å²) >= 11 is 0. The first-order chi connectivity index (χ1) is 13.8. The van der Waals surface area contributed by atoms with E-state index in [-0.39, 0.29) is 24.8 Å². The van der Waals surface area contributed by atoms with E-state index in [1.54, 1.807) is 10.7 Å². The normalized spacial score (nSPS) is 10.6. The van der Waals surface area contributed by atoms with Gasteiger partial charge < -0.3 is 10.6 Å². The van der Waals surface area contributed by atoms with Gasteiger partial charge in [-0.05, 0) is 62.6 Å². The molecule has 2 aromatic carbocycles. The Morgan fingerprint density at radius 3 is 2.34 bits per heavy atom. The Balaban J connectivity index is 1.63. The number of benzene rings is 2. The molecule has 0 fully saturated rings. The molecule has 0 saturated heterocycles. The van der Waals surface area contributed by atoms with Gasteiger partial charge in [0.25, 0.3) is 5.91 Å². The molecule has 3 rings (SSSR count). The number of hydrogen-bond acceptors (Lipinski definition) is 3. The van der Waals surface area contributed by atoms with E-state index in [4.69, 9.17) is 0 Å². The lowest BCUT2D eigenvalue weighted by Crippen LogP contribution is -2.28. The number of amides is 2. The molecular weight excluding hydrogens is 364 g/mol. The molecule has 1 aromatic heterocycles. The highest BCUT2D eigenvalue weighted by atomic mass is 16.2. The van der Waals surface area contributed by atoms with Gasteiger partial charge in [0.05, 0.1) is 11.4 Å². The molecule has 0 aliphatic carbocycles. The molecule has 6 heteroatoms. The smallest absolute Gasteiger partial charge is 0.251 e. The molecule has 2 amide bonds. The second-order valence-corrected chi connectivity index (χ2v) is 7.30. The van der Waals surface area contributed by atoms with Crippen molar-refractivity contribution < 1.29 is 9.59 Å². The van der Waals surface area contributed by atoms with Crippen molar-refractivity contribution in [2.24, 2.45) is 0 Å². The van der Waals surface area contributed by atoms with Crippen molar-refractivity contribution in [3.63, 3.8) is 0 Å². The summed E-state index contributed by atoms with van der Waals surface area (Å²) in [6, 6.07) is 15.4. The molecule has 0 bridgehead atoms. The van der Waals surface area contributed by atoms with E-state index in [2.05, 4.69) is 21.8 Å². The van der Waals surface area contributed by atoms with Crippen LogP contribution in [0.15, 0.2) is 48.5 Å². The summed E-state index contributed by atoms with van der Waals surface area (Å²) in [6.07, 6.45) is 0.175. The molecule has 0 saturated carbocycles. The van der Waals surface area contributed by atoms with Crippen LogP contribution >= 0.6 is 0 Å². The molecule has 0 radical (unpaired) electrons. The number of aromatic nitrogens is 2. The van der Waals surface area contributed by atoms with Crippen molar-refractivity contribution in [1.29, 1.82) is 0 Å². The van der Waals surface area contributed by atoms with Crippen LogP contribution in [0.4, 0.5) is 5.82 Å². The summed E-state index contributed by atoms with van der Waals surface area (Å²) in [7, 11) is 0. The SMILES string of the molecule is Cc1cc(C)cc(-n2nc(C)cc2NC(=O)CCNC(=O)c2ccccc2C)c1. The first kappa shape index (κ1) is 20.3. The molecule has 6 nitrogen and oxygen atoms in total. The lowest BCUT2D eigenvalue weighted by molar-refractivity contribution is -0.116. The molecule has 0 unspecified atom stereocenters. The molecule has 150 valence electrons. The van der Waals surface area contributed by atoms with Crippen LogP contribution in [-0.4, -0.2) is 28.1 Å². The number of rotatable bonds is 6. The van der Waals surface area contributed by atoms with Gasteiger partial charge in [0.1, 0.15) is 5.82 Å². The van der Waals surface area contributed by atoms with Crippen LogP contribution < -0.4 is 10.6 Å². The van der Waals surface area contributed by atoms with E-state index < -0.39 is 0 Å². The first-order valence-electron chi connectivity index (χ1n) is 9.62. The quantitative estimate of drug-likeness (QED) is 0.671. The van der Waals surface area contributed by atoms with Gasteiger partial charge in [-0.15, -0.1) is 0 Å². The van der Waals surface area contributed by atoms with Crippen LogP contribution in [0.1, 0.15) is 39.2 Å². The van der Waals surface area contributed by atoms with E-state index in [9.17, 15) is 9.59 Å². The van der Waals surface area contributed by atoms with Crippen LogP contribution in [0.5, 0.6) is 0 Å². The van der Waals surface area contributed by atoms with E-state index in [1.807, 2.05) is 64.1 Å². The van der Waals surface area contributed by atoms with Gasteiger partial charge in [-0.3, -0.25) is 9.59 Å². The third-order valence-electron chi connectivity index (χ3n) is 4.58. The van der Waals surface area contributed by atoms with Crippen LogP contribution in [0.3, 0.4) is 0 Å². The molecule has 1 heterocycles. The lowest BCUT2D eigenvalue weighted by atomic mass is 10.1. The second-order valence-electron chi connectivity index (χ2n) is 7.30. The van der Waals surface area contributed by atoms with Gasteiger partial charge in [-0.25, -0.2) is 4.68 Å². The lowest BCUT2D eigenvalue weighted by Gasteiger charge is -2.11. The molecule has 0 spiro atoms. The molecule has 0 aliphatic rings. The summed E-state index contributed by atoms with van der Waals surface area (Å²) in [5, 5.41) is 10.2. The monoisotopic (exact) mass is 390 g/mol. The summed E-state index contributed by atoms with van der Waals surface area (Å²) in [5.74, 6) is 0.260. The maximum absolute atomic E-state index is 12.4. The fraction of sp³-hybridized carbons (Fsp3) is 0.261. The summed E-state index contributed by atoms with van der Waals surface area (Å²) in [6.45, 7) is 8.09. The average Bonchev–Trinajstić information content (AvgIpc) is 3.01. The van der Waals surface area contributed by atoms with E-state index >= 15 is 0 Å². The van der Waals surface area contributed by atoms with Crippen LogP contribution in [0, 0.1) is 27.7 Å². The highest BCUT2D eigenvalue weighted by molar-refractivity contribution is 5.96. The Labute approximate surface area is 170 Å². The maximum atomic E-state index is 12.4. The second kappa shape index (κ2) is 8.73. The minimum Gasteiger partial charge on any atom is -0.352 e. The van der Waals surface area contributed by atoms with Gasteiger partial charge in [-0.1, -0.05) is 24.3 Å². The van der Waals surface area contributed by atoms with Gasteiger partial charge >= 0.3 is 0 Å². The molecule has 0 aliphatic heterocycles. The van der Waals surface area contributed by atoms with Crippen molar-refractivity contribution in [3.05, 3.63) is 76.5 Å². The van der Waals surface area contributed by atoms with E-state index in [1.165, 1.54) is 0 Å². The van der Waals surface area contributed by atoms with Gasteiger partial charge in [0, 0.05) is 24.6 Å². The zero-order valence-corrected chi connectivity index (χ0v) is 17.2. The number of hydrogen-bond donors (Lipinski definition) is 2. The Morgan fingerprint density at radius 2 is 1.66 bits per heavy atom. The van der Waals surface area contributed by atoms with E-state index in [0.29, 0.717) is 11.4 Å². The predicted octanol–water partition coefficient (Wildman–Crippen LogP) is 3.86. The van der Waals surface area contributed by atoms with Gasteiger partial charge in [0.15, 0.2) is 0 Å². The number of nitrogens with one attached hydrogen (secondary N) is 2. The van der Waals surface area contributed by atoms with Crippen LogP contribution in [-0.2, 0) is 4.79 Å². The average molecular weight is 390 g/mol. The minimum atomic E-state index is -0.180. The predicted molar refractivity (Wildman–Crippen MR) is 115 cm³/mol. The molecule has 29 heavy (non-hydrogen) atoms. The Hall–Kier alpha value is -3.41. The van der Waals surface area contributed by atoms with E-state index in [0.717, 1.165) is 28.1 Å². The number of anilines is 1. The third-order valence-corrected chi connectivity index (χ3v) is 4.58. The third kappa shape index (κ3) is 5.10. The number of nitrogens with zero attached hydrogens (tertiary/aromatic N) is 2. The molecule has 2 N–H and O–H groups in total. The van der Waals surface area contributed by atoms with Crippen molar-refractivity contribution in [3.8, 4) is 5.69 Å². The number of carbonyl (C=O) groups is 2. The van der Waals surface area contributed by atoms with Crippen LogP contribution in [0.25, 0.3) is 5.69 Å². The largest absolute Gasteiger partial charge is 0.352 e. The summed E-state index contributed by atoms with van der Waals surface area (Å²) in [5.41, 5.74) is 5.50. The maximum Gasteiger partial charge on any atom is 0.251 e. The summed E-state index contributed by atoms with van der Waals surface area (Å²) < 4.78 is 1.74. The van der Waals surface area contributed by atoms with Crippen molar-refractivity contribution >= 4 is 17.6 Å². The van der Waals surface area contributed by atoms with Gasteiger partial charge in [-0.2, -0.15) is 5.10 Å². The fourth-order valence-corrected chi connectivity index (χ4v) is 3.28. The van der Waals surface area contributed by atoms with Gasteiger partial charge in [0.2, 0.25) is 5.91 Å². The molecule has 3 aromatic rings. The number of aryl methyl sites for hydroxylation is 4. The fourth-order valence-electron chi connectivity index (χ4n) is 3.28. The highest BCUT2D eigenvalue weighted by Crippen LogP contribution is 2.20. The Bertz CT molecular complexity index is 1030. The van der Waals surface area contributed by atoms with Crippen molar-refractivity contribution in [2.45, 2.75) is 34.1 Å². The highest BCUT2D eigenvalue weighted by Gasteiger charge is 2.13. The standard InChI is InChI=1S/C23H26N4O2/c1-15-11-16(2)13-19(12-15)27-21(14-18(4)26-27)25-22(28)9-10-24-23(29)20-8-6-5-7-17(20)3/h5-8,11-14H,9-10H2,1-4H3,(H,24,29)(H,25,28). The van der Waals surface area contributed by atoms with Crippen molar-refractivity contribution in [1.82, 2.24) is 15.1 Å². The molecule has 0 atom stereocenters. The molecular formula is C23H26N4O2. The number of carbonyl (C=O) groups excluding carboxylic acids is 2. The summed E-state index contributed by atoms with van der Waals surface area (Å²) in [4.78, 5) is 24.7. The van der Waals surface area contributed by atoms with Crippen LogP contribution in [0.2, 0.25) is 0 Å². The topological polar surface area (TPSA) is 76.0 Å². The van der Waals surface area contributed by atoms with Crippen molar-refractivity contribution in [2.75, 3.05) is 11.9 Å². The minimum absolute atomic E-state index is 0.174. The Kier molecular flexibility index (Phi) is 6.12. The zero-order valence-electron chi connectivity index (χ0n) is 17.2. The zero-order chi connectivity index (χ0) is 21.0. The Morgan fingerprint density at radius 1 is 0.966 bits per heavy atom.